The van der Waals surface area contributed by atoms with Crippen LogP contribution in [0.4, 0.5) is 0 Å². The van der Waals surface area contributed by atoms with Crippen LogP contribution < -0.4 is 10.6 Å². The predicted molar refractivity (Wildman–Crippen MR) is 111 cm³/mol. The lowest BCUT2D eigenvalue weighted by Crippen LogP contribution is -2.57. The van der Waals surface area contributed by atoms with Crippen molar-refractivity contribution in [2.24, 2.45) is 0 Å². The third-order valence-electron chi connectivity index (χ3n) is 3.68. The van der Waals surface area contributed by atoms with Crippen LogP contribution in [0.2, 0.25) is 0 Å². The van der Waals surface area contributed by atoms with Crippen LogP contribution in [-0.2, 0) is 44.4 Å². The predicted octanol–water partition coefficient (Wildman–Crippen LogP) is -0.302. The van der Waals surface area contributed by atoms with Crippen LogP contribution in [0.1, 0.15) is 0 Å². The summed E-state index contributed by atoms with van der Waals surface area (Å²) in [6.45, 7) is 0. The van der Waals surface area contributed by atoms with Gasteiger partial charge in [0.05, 0.1) is 0 Å². The summed E-state index contributed by atoms with van der Waals surface area (Å²) in [6, 6.07) is 14.4. The third kappa shape index (κ3) is 5.47. The van der Waals surface area contributed by atoms with Crippen LogP contribution in [0.3, 0.4) is 0 Å². The van der Waals surface area contributed by atoms with E-state index in [-0.39, 0.29) is 10.6 Å². The fraction of sp³-hybridized carbons (Fsp3) is 0.143. The minimum absolute atomic E-state index is 0.124. The molecule has 0 heterocycles. The number of rotatable bonds is 9. The van der Waals surface area contributed by atoms with Gasteiger partial charge in [-0.15, -0.1) is 0 Å². The molecule has 0 saturated heterocycles. The van der Waals surface area contributed by atoms with Crippen molar-refractivity contribution in [1.82, 2.24) is 0 Å². The molecule has 0 unspecified atom stereocenters. The Balaban J connectivity index is 2.82. The van der Waals surface area contributed by atoms with Gasteiger partial charge in [0.2, 0.25) is 0 Å². The number of hydrogen-bond acceptors (Lipinski definition) is 9. The summed E-state index contributed by atoms with van der Waals surface area (Å²) in [5.74, 6) is -2.65. The lowest BCUT2D eigenvalue weighted by atomic mass is 10.4. The lowest BCUT2D eigenvalue weighted by Gasteiger charge is -2.27. The van der Waals surface area contributed by atoms with Crippen molar-refractivity contribution in [3.05, 3.63) is 60.7 Å². The Hall–Kier alpha value is -1.49. The molecular formula is C14H15O12PS4. The van der Waals surface area contributed by atoms with E-state index in [0.717, 1.165) is 0 Å². The molecule has 0 aliphatic carbocycles. The summed E-state index contributed by atoms with van der Waals surface area (Å²) in [5, 5.41) is 0.248. The number of hydrogen-bond donors (Lipinski definition) is 3. The lowest BCUT2D eigenvalue weighted by molar-refractivity contribution is 0.427. The van der Waals surface area contributed by atoms with Crippen molar-refractivity contribution in [1.29, 1.82) is 0 Å². The molecule has 0 fully saturated rings. The van der Waals surface area contributed by atoms with E-state index < -0.39 is 57.8 Å². The van der Waals surface area contributed by atoms with Gasteiger partial charge in [0.1, 0.15) is 13.9 Å². The van der Waals surface area contributed by atoms with E-state index in [4.69, 9.17) is 8.52 Å². The van der Waals surface area contributed by atoms with Crippen molar-refractivity contribution in [2.45, 2.75) is 3.41 Å². The molecule has 0 aliphatic rings. The van der Waals surface area contributed by atoms with Gasteiger partial charge in [-0.1, -0.05) is 60.7 Å². The summed E-state index contributed by atoms with van der Waals surface area (Å²) >= 11 is 0. The minimum atomic E-state index is -6.46. The molecule has 172 valence electrons. The van der Waals surface area contributed by atoms with E-state index in [2.05, 4.69) is 0 Å². The van der Waals surface area contributed by atoms with Gasteiger partial charge in [0, 0.05) is 10.6 Å². The third-order valence-corrected chi connectivity index (χ3v) is 14.5. The molecule has 0 bridgehead atoms. The molecule has 0 atom stereocenters. The van der Waals surface area contributed by atoms with Crippen molar-refractivity contribution < 1.29 is 51.3 Å². The zero-order valence-electron chi connectivity index (χ0n) is 15.1. The molecule has 0 amide bonds. The first-order valence-corrected chi connectivity index (χ1v) is 14.9. The van der Waals surface area contributed by atoms with Crippen LogP contribution in [0.5, 0.6) is 0 Å². The van der Waals surface area contributed by atoms with Gasteiger partial charge in [0.15, 0.2) is 0 Å². The normalized spacial score (nSPS) is 13.9. The average Bonchev–Trinajstić information content (AvgIpc) is 2.63. The molecular weight excluding hydrogens is 519 g/mol. The molecule has 0 saturated carbocycles. The smallest absolute Gasteiger partial charge is 0.285 e. The molecule has 0 radical (unpaired) electrons. The monoisotopic (exact) mass is 534 g/mol. The SMILES string of the molecule is O=S(=O)(O)CC(S(=O)(=O)O)(S(=O)(=O)O)S(=O)(=O)OP(c1ccccc1)c1ccccc1. The van der Waals surface area contributed by atoms with E-state index in [9.17, 15) is 42.8 Å². The molecule has 31 heavy (non-hydrogen) atoms. The maximum atomic E-state index is 12.9. The largest absolute Gasteiger partial charge is 0.361 e. The maximum absolute atomic E-state index is 12.9. The van der Waals surface area contributed by atoms with E-state index in [0.29, 0.717) is 0 Å². The summed E-state index contributed by atoms with van der Waals surface area (Å²) in [5.41, 5.74) is 0. The summed E-state index contributed by atoms with van der Waals surface area (Å²) in [7, 11) is -27.4. The van der Waals surface area contributed by atoms with Crippen LogP contribution >= 0.6 is 8.15 Å². The Bertz CT molecular complexity index is 1280. The number of benzene rings is 2. The van der Waals surface area contributed by atoms with Gasteiger partial charge in [-0.2, -0.15) is 33.7 Å². The average molecular weight is 535 g/mol. The second-order valence-corrected chi connectivity index (χ2v) is 15.2. The zero-order valence-corrected chi connectivity index (χ0v) is 19.2. The van der Waals surface area contributed by atoms with E-state index in [1.807, 2.05) is 0 Å². The summed E-state index contributed by atoms with van der Waals surface area (Å²) in [6.07, 6.45) is 0. The van der Waals surface area contributed by atoms with Crippen molar-refractivity contribution in [3.63, 3.8) is 0 Å². The molecule has 2 rings (SSSR count). The first kappa shape index (κ1) is 25.8. The van der Waals surface area contributed by atoms with Crippen molar-refractivity contribution >= 4 is 59.2 Å². The van der Waals surface area contributed by atoms with Gasteiger partial charge in [0.25, 0.3) is 10.1 Å². The highest BCUT2D eigenvalue weighted by Gasteiger charge is 2.69. The highest BCUT2D eigenvalue weighted by atomic mass is 32.3. The molecule has 12 nitrogen and oxygen atoms in total. The quantitative estimate of drug-likeness (QED) is 0.280. The Morgan fingerprint density at radius 3 is 1.32 bits per heavy atom. The van der Waals surface area contributed by atoms with Crippen LogP contribution in [-0.4, -0.2) is 56.5 Å². The summed E-state index contributed by atoms with van der Waals surface area (Å²) in [4.78, 5) is 0. The van der Waals surface area contributed by atoms with E-state index in [1.54, 1.807) is 12.1 Å². The zero-order chi connectivity index (χ0) is 23.7. The Labute approximate surface area is 180 Å². The van der Waals surface area contributed by atoms with E-state index in [1.165, 1.54) is 48.5 Å². The van der Waals surface area contributed by atoms with Crippen molar-refractivity contribution in [3.8, 4) is 0 Å². The fourth-order valence-electron chi connectivity index (χ4n) is 2.35. The van der Waals surface area contributed by atoms with Crippen LogP contribution in [0.25, 0.3) is 0 Å². The van der Waals surface area contributed by atoms with Crippen molar-refractivity contribution in [2.75, 3.05) is 5.75 Å². The second-order valence-electron chi connectivity index (χ2n) is 5.85. The van der Waals surface area contributed by atoms with Gasteiger partial charge in [-0.05, 0) is 0 Å². The molecule has 0 aliphatic heterocycles. The van der Waals surface area contributed by atoms with Gasteiger partial charge in [-0.3, -0.25) is 13.7 Å². The van der Waals surface area contributed by atoms with Gasteiger partial charge < -0.3 is 0 Å². The Morgan fingerprint density at radius 2 is 1.03 bits per heavy atom. The topological polar surface area (TPSA) is 206 Å². The first-order chi connectivity index (χ1) is 14.0. The molecule has 0 aromatic heterocycles. The summed E-state index contributed by atoms with van der Waals surface area (Å²) < 4.78 is 124. The second kappa shape index (κ2) is 8.80. The van der Waals surface area contributed by atoms with Gasteiger partial charge >= 0.3 is 33.8 Å². The maximum Gasteiger partial charge on any atom is 0.361 e. The Morgan fingerprint density at radius 1 is 0.677 bits per heavy atom. The van der Waals surface area contributed by atoms with E-state index >= 15 is 0 Å². The van der Waals surface area contributed by atoms with Crippen LogP contribution in [0.15, 0.2) is 60.7 Å². The minimum Gasteiger partial charge on any atom is -0.285 e. The Kier molecular flexibility index (Phi) is 7.32. The standard InChI is InChI=1S/C14H15O12PS4/c15-28(16,17)11-14(29(18,19)20,30(21,22)23)31(24,25)26-27(12-7-3-1-4-8-12)13-9-5-2-6-10-13/h1-10H,11H2,(H,15,16,17)(H,18,19,20)(H,21,22,23). The molecule has 2 aromatic rings. The van der Waals surface area contributed by atoms with Crippen LogP contribution in [0, 0.1) is 0 Å². The highest BCUT2D eigenvalue weighted by Crippen LogP contribution is 2.43. The molecule has 3 N–H and O–H groups in total. The van der Waals surface area contributed by atoms with Gasteiger partial charge in [-0.25, -0.2) is 3.97 Å². The molecule has 2 aromatic carbocycles. The first-order valence-electron chi connectivity index (χ1n) is 7.75. The highest BCUT2D eigenvalue weighted by molar-refractivity contribution is 8.23. The molecule has 17 heteroatoms. The fourth-order valence-corrected chi connectivity index (χ4v) is 12.7. The molecule has 0 spiro atoms.